The number of halogens is 1. The molecule has 0 aliphatic carbocycles. The predicted molar refractivity (Wildman–Crippen MR) is 48.7 cm³/mol. The Morgan fingerprint density at radius 1 is 1.07 bits per heavy atom. The Hall–Kier alpha value is -1.52. The lowest BCUT2D eigenvalue weighted by molar-refractivity contribution is -0.719. The maximum Gasteiger partial charge on any atom is 0.336 e. The molecule has 0 aromatic carbocycles. The summed E-state index contributed by atoms with van der Waals surface area (Å²) in [6, 6.07) is 1.78. The van der Waals surface area contributed by atoms with E-state index in [2.05, 4.69) is 9.97 Å². The van der Waals surface area contributed by atoms with Crippen molar-refractivity contribution < 1.29 is 17.3 Å². The first-order valence-electron chi connectivity index (χ1n) is 3.95. The van der Waals surface area contributed by atoms with Crippen molar-refractivity contribution in [1.29, 1.82) is 5.41 Å². The molecule has 0 saturated heterocycles. The average Bonchev–Trinajstić information content (AvgIpc) is 2.20. The Balaban J connectivity index is 0.000000980. The van der Waals surface area contributed by atoms with Crippen molar-refractivity contribution in [1.82, 2.24) is 9.97 Å². The zero-order chi connectivity index (χ0) is 9.10. The Bertz CT molecular complexity index is 356. The van der Waals surface area contributed by atoms with Gasteiger partial charge in [0.15, 0.2) is 0 Å². The second-order valence-corrected chi connectivity index (χ2v) is 2.65. The van der Waals surface area contributed by atoms with Crippen LogP contribution in [0.4, 0.5) is 5.95 Å². The number of aromatic nitrogens is 2. The van der Waals surface area contributed by atoms with Gasteiger partial charge >= 0.3 is 5.95 Å². The van der Waals surface area contributed by atoms with Crippen LogP contribution in [0.5, 0.6) is 0 Å². The van der Waals surface area contributed by atoms with E-state index in [1.165, 1.54) is 0 Å². The van der Waals surface area contributed by atoms with E-state index in [-0.39, 0.29) is 12.4 Å². The van der Waals surface area contributed by atoms with Crippen molar-refractivity contribution in [3.8, 4) is 0 Å². The molecule has 4 nitrogen and oxygen atoms in total. The Morgan fingerprint density at radius 3 is 2.21 bits per heavy atom. The molecule has 14 heavy (non-hydrogen) atoms. The summed E-state index contributed by atoms with van der Waals surface area (Å²) < 4.78 is 0. The number of allylic oxidation sites excluding steroid dienone is 2. The van der Waals surface area contributed by atoms with Crippen molar-refractivity contribution in [3.05, 3.63) is 43.0 Å². The quantitative estimate of drug-likeness (QED) is 0.519. The molecule has 0 atom stereocenters. The molecule has 5 heteroatoms. The van der Waals surface area contributed by atoms with E-state index in [1.807, 2.05) is 12.4 Å². The number of rotatable bonds is 1. The van der Waals surface area contributed by atoms with Crippen LogP contribution in [-0.2, 0) is 0 Å². The van der Waals surface area contributed by atoms with Crippen molar-refractivity contribution in [2.75, 3.05) is 0 Å². The Kier molecular flexibility index (Phi) is 3.50. The SMILES string of the molecule is N=C1C=C[NH+](c2ncccn2)C=C1.[Cl-]. The first kappa shape index (κ1) is 10.6. The van der Waals surface area contributed by atoms with Gasteiger partial charge in [0.25, 0.3) is 0 Å². The van der Waals surface area contributed by atoms with E-state index < -0.39 is 0 Å². The van der Waals surface area contributed by atoms with Gasteiger partial charge in [-0.05, 0) is 6.07 Å². The van der Waals surface area contributed by atoms with Crippen LogP contribution in [-0.4, -0.2) is 15.7 Å². The summed E-state index contributed by atoms with van der Waals surface area (Å²) in [5.74, 6) is 0.697. The zero-order valence-corrected chi connectivity index (χ0v) is 8.07. The third-order valence-electron chi connectivity index (χ3n) is 1.71. The molecule has 1 aromatic heterocycles. The molecule has 0 saturated carbocycles. The molecule has 0 bridgehead atoms. The summed E-state index contributed by atoms with van der Waals surface area (Å²) in [6.45, 7) is 0. The first-order chi connectivity index (χ1) is 6.36. The monoisotopic (exact) mass is 208 g/mol. The van der Waals surface area contributed by atoms with Crippen LogP contribution < -0.4 is 17.3 Å². The minimum atomic E-state index is 0. The van der Waals surface area contributed by atoms with Crippen molar-refractivity contribution in [3.63, 3.8) is 0 Å². The first-order valence-corrected chi connectivity index (χ1v) is 3.95. The normalized spacial score (nSPS) is 19.1. The minimum Gasteiger partial charge on any atom is -1.00 e. The van der Waals surface area contributed by atoms with E-state index in [0.717, 1.165) is 4.90 Å². The summed E-state index contributed by atoms with van der Waals surface area (Å²) in [6.07, 6.45) is 10.6. The highest BCUT2D eigenvalue weighted by molar-refractivity contribution is 6.01. The van der Waals surface area contributed by atoms with Crippen LogP contribution in [0.25, 0.3) is 0 Å². The van der Waals surface area contributed by atoms with Gasteiger partial charge in [-0.1, -0.05) is 0 Å². The fraction of sp³-hybridized carbons (Fsp3) is 0. The van der Waals surface area contributed by atoms with Crippen LogP contribution in [0.1, 0.15) is 0 Å². The number of nitrogens with one attached hydrogen (secondary N) is 2. The van der Waals surface area contributed by atoms with Crippen LogP contribution in [0.2, 0.25) is 0 Å². The van der Waals surface area contributed by atoms with Gasteiger partial charge in [-0.2, -0.15) is 9.97 Å². The molecule has 2 N–H and O–H groups in total. The molecule has 0 amide bonds. The minimum absolute atomic E-state index is 0. The highest BCUT2D eigenvalue weighted by atomic mass is 35.5. The maximum atomic E-state index is 7.31. The molecule has 72 valence electrons. The topological polar surface area (TPSA) is 54.1 Å². The van der Waals surface area contributed by atoms with Crippen molar-refractivity contribution in [2.24, 2.45) is 0 Å². The molecular formula is C9H9ClN4. The summed E-state index contributed by atoms with van der Waals surface area (Å²) in [4.78, 5) is 9.15. The number of hydrogen-bond acceptors (Lipinski definition) is 3. The standard InChI is InChI=1S/C9H8N4.ClH/c10-8-2-6-13(7-3-8)9-11-4-1-5-12-9;/h1-7,10H;1H. The van der Waals surface area contributed by atoms with Gasteiger partial charge in [0.05, 0.1) is 5.71 Å². The van der Waals surface area contributed by atoms with E-state index >= 15 is 0 Å². The molecule has 1 aliphatic rings. The average molecular weight is 209 g/mol. The van der Waals surface area contributed by atoms with Crippen LogP contribution in [0.3, 0.4) is 0 Å². The molecule has 2 heterocycles. The van der Waals surface area contributed by atoms with Gasteiger partial charge in [0.1, 0.15) is 12.4 Å². The van der Waals surface area contributed by atoms with Crippen LogP contribution >= 0.6 is 0 Å². The molecule has 0 spiro atoms. The van der Waals surface area contributed by atoms with E-state index in [4.69, 9.17) is 5.41 Å². The second-order valence-electron chi connectivity index (χ2n) is 2.65. The van der Waals surface area contributed by atoms with E-state index in [9.17, 15) is 0 Å². The molecular weight excluding hydrogens is 200 g/mol. The van der Waals surface area contributed by atoms with Gasteiger partial charge in [-0.3, -0.25) is 0 Å². The lowest BCUT2D eigenvalue weighted by Crippen LogP contribution is -3.00. The summed E-state index contributed by atoms with van der Waals surface area (Å²) in [5, 5.41) is 7.31. The van der Waals surface area contributed by atoms with E-state index in [1.54, 1.807) is 30.6 Å². The predicted octanol–water partition coefficient (Wildman–Crippen LogP) is -2.94. The fourth-order valence-corrected chi connectivity index (χ4v) is 1.07. The third kappa shape index (κ3) is 2.25. The van der Waals surface area contributed by atoms with Crippen LogP contribution in [0, 0.1) is 5.41 Å². The van der Waals surface area contributed by atoms with Gasteiger partial charge in [0, 0.05) is 24.5 Å². The molecule has 1 aromatic rings. The summed E-state index contributed by atoms with van der Waals surface area (Å²) in [7, 11) is 0. The molecule has 1 aliphatic heterocycles. The van der Waals surface area contributed by atoms with Gasteiger partial charge in [0.2, 0.25) is 0 Å². The third-order valence-corrected chi connectivity index (χ3v) is 1.71. The van der Waals surface area contributed by atoms with Gasteiger partial charge in [-0.25, -0.2) is 4.90 Å². The molecule has 0 fully saturated rings. The van der Waals surface area contributed by atoms with Crippen LogP contribution in [0.15, 0.2) is 43.0 Å². The number of quaternary nitrogens is 1. The van der Waals surface area contributed by atoms with Gasteiger partial charge < -0.3 is 17.8 Å². The molecule has 2 rings (SSSR count). The Labute approximate surface area is 87.9 Å². The fourth-order valence-electron chi connectivity index (χ4n) is 1.07. The Morgan fingerprint density at radius 2 is 1.64 bits per heavy atom. The van der Waals surface area contributed by atoms with E-state index in [0.29, 0.717) is 11.7 Å². The summed E-state index contributed by atoms with van der Waals surface area (Å²) in [5.41, 5.74) is 0.500. The zero-order valence-electron chi connectivity index (χ0n) is 7.31. The highest BCUT2D eigenvalue weighted by Crippen LogP contribution is 1.90. The number of nitrogens with zero attached hydrogens (tertiary/aromatic N) is 2. The molecule has 0 radical (unpaired) electrons. The summed E-state index contributed by atoms with van der Waals surface area (Å²) >= 11 is 0. The second kappa shape index (κ2) is 4.64. The molecule has 0 unspecified atom stereocenters. The smallest absolute Gasteiger partial charge is 0.336 e. The highest BCUT2D eigenvalue weighted by Gasteiger charge is 2.11. The van der Waals surface area contributed by atoms with Crippen molar-refractivity contribution >= 4 is 11.7 Å². The lowest BCUT2D eigenvalue weighted by Gasteiger charge is -2.07. The van der Waals surface area contributed by atoms with Crippen molar-refractivity contribution in [2.45, 2.75) is 0 Å². The largest absolute Gasteiger partial charge is 1.00 e. The maximum absolute atomic E-state index is 7.31. The van der Waals surface area contributed by atoms with Gasteiger partial charge in [-0.15, -0.1) is 0 Å². The lowest BCUT2D eigenvalue weighted by atomic mass is 10.3. The number of hydrogen-bond donors (Lipinski definition) is 2.